The van der Waals surface area contributed by atoms with E-state index in [-0.39, 0.29) is 6.10 Å². The topological polar surface area (TPSA) is 87.9 Å². The molecule has 0 saturated carbocycles. The lowest BCUT2D eigenvalue weighted by atomic mass is 10.2. The average molecular weight is 284 g/mol. The number of carbonyl (C=O) groups is 2. The molecule has 1 unspecified atom stereocenters. The Morgan fingerprint density at radius 3 is 2.60 bits per heavy atom. The summed E-state index contributed by atoms with van der Waals surface area (Å²) in [6.07, 6.45) is 2.04. The molecule has 2 saturated heterocycles. The summed E-state index contributed by atoms with van der Waals surface area (Å²) in [6.45, 7) is 5.38. The minimum atomic E-state index is -0.521. The molecule has 0 aromatic rings. The number of hydrogen-bond acceptors (Lipinski definition) is 5. The van der Waals surface area contributed by atoms with Crippen LogP contribution in [0.15, 0.2) is 0 Å². The maximum atomic E-state index is 12.0. The zero-order valence-corrected chi connectivity index (χ0v) is 11.8. The normalized spacial score (nSPS) is 23.9. The Kier molecular flexibility index (Phi) is 5.75. The summed E-state index contributed by atoms with van der Waals surface area (Å²) < 4.78 is 5.41. The molecule has 2 aliphatic heterocycles. The highest BCUT2D eigenvalue weighted by Crippen LogP contribution is 2.10. The van der Waals surface area contributed by atoms with Gasteiger partial charge in [0.2, 0.25) is 0 Å². The second-order valence-corrected chi connectivity index (χ2v) is 5.27. The van der Waals surface area contributed by atoms with Gasteiger partial charge in [-0.2, -0.15) is 0 Å². The SMILES string of the molecule is NCCN1CCN(C(=O)C(=O)NCC2CCCO2)CC1. The molecule has 0 aromatic carbocycles. The van der Waals surface area contributed by atoms with Crippen LogP contribution in [0.4, 0.5) is 0 Å². The van der Waals surface area contributed by atoms with Crippen molar-refractivity contribution in [1.29, 1.82) is 0 Å². The first kappa shape index (κ1) is 15.2. The largest absolute Gasteiger partial charge is 0.376 e. The molecule has 114 valence electrons. The zero-order chi connectivity index (χ0) is 14.4. The summed E-state index contributed by atoms with van der Waals surface area (Å²) in [6, 6.07) is 0. The van der Waals surface area contributed by atoms with Gasteiger partial charge in [0.15, 0.2) is 0 Å². The lowest BCUT2D eigenvalue weighted by Crippen LogP contribution is -2.53. The maximum Gasteiger partial charge on any atom is 0.311 e. The molecule has 0 bridgehead atoms. The Morgan fingerprint density at radius 2 is 2.00 bits per heavy atom. The van der Waals surface area contributed by atoms with E-state index >= 15 is 0 Å². The predicted molar refractivity (Wildman–Crippen MR) is 74.1 cm³/mol. The van der Waals surface area contributed by atoms with Gasteiger partial charge in [-0.15, -0.1) is 0 Å². The Balaban J connectivity index is 1.69. The molecule has 0 aliphatic carbocycles. The van der Waals surface area contributed by atoms with E-state index in [1.165, 1.54) is 0 Å². The van der Waals surface area contributed by atoms with E-state index in [0.29, 0.717) is 26.2 Å². The van der Waals surface area contributed by atoms with E-state index in [1.54, 1.807) is 4.90 Å². The zero-order valence-electron chi connectivity index (χ0n) is 11.8. The molecule has 2 aliphatic rings. The van der Waals surface area contributed by atoms with Crippen LogP contribution in [0.25, 0.3) is 0 Å². The van der Waals surface area contributed by atoms with Crippen LogP contribution in [0.1, 0.15) is 12.8 Å². The lowest BCUT2D eigenvalue weighted by Gasteiger charge is -2.34. The van der Waals surface area contributed by atoms with Gasteiger partial charge in [0.1, 0.15) is 0 Å². The fraction of sp³-hybridized carbons (Fsp3) is 0.846. The number of nitrogens with one attached hydrogen (secondary N) is 1. The van der Waals surface area contributed by atoms with Crippen LogP contribution in [0.2, 0.25) is 0 Å². The molecular weight excluding hydrogens is 260 g/mol. The monoisotopic (exact) mass is 284 g/mol. The number of amides is 2. The smallest absolute Gasteiger partial charge is 0.311 e. The Hall–Kier alpha value is -1.18. The van der Waals surface area contributed by atoms with Gasteiger partial charge in [0, 0.05) is 52.4 Å². The van der Waals surface area contributed by atoms with Crippen LogP contribution >= 0.6 is 0 Å². The number of nitrogens with zero attached hydrogens (tertiary/aromatic N) is 2. The van der Waals surface area contributed by atoms with Gasteiger partial charge in [0.05, 0.1) is 6.10 Å². The summed E-state index contributed by atoms with van der Waals surface area (Å²) in [4.78, 5) is 27.6. The molecular formula is C13H24N4O3. The first-order valence-electron chi connectivity index (χ1n) is 7.32. The van der Waals surface area contributed by atoms with Gasteiger partial charge in [0.25, 0.3) is 0 Å². The van der Waals surface area contributed by atoms with Crippen LogP contribution in [-0.4, -0.2) is 80.1 Å². The molecule has 20 heavy (non-hydrogen) atoms. The van der Waals surface area contributed by atoms with Crippen molar-refractivity contribution in [2.75, 3.05) is 52.4 Å². The van der Waals surface area contributed by atoms with Gasteiger partial charge in [-0.3, -0.25) is 14.5 Å². The van der Waals surface area contributed by atoms with Gasteiger partial charge < -0.3 is 20.7 Å². The number of piperazine rings is 1. The molecule has 0 aromatic heterocycles. The fourth-order valence-electron chi connectivity index (χ4n) is 2.59. The maximum absolute atomic E-state index is 12.0. The number of nitrogens with two attached hydrogens (primary N) is 1. The van der Waals surface area contributed by atoms with Crippen molar-refractivity contribution < 1.29 is 14.3 Å². The van der Waals surface area contributed by atoms with E-state index in [0.717, 1.165) is 39.1 Å². The molecule has 0 spiro atoms. The van der Waals surface area contributed by atoms with Gasteiger partial charge in [-0.05, 0) is 12.8 Å². The van der Waals surface area contributed by atoms with E-state index in [4.69, 9.17) is 10.5 Å². The van der Waals surface area contributed by atoms with E-state index in [1.807, 2.05) is 0 Å². The van der Waals surface area contributed by atoms with Gasteiger partial charge >= 0.3 is 11.8 Å². The summed E-state index contributed by atoms with van der Waals surface area (Å²) in [5.74, 6) is -0.955. The second kappa shape index (κ2) is 7.56. The molecule has 2 amide bonds. The third kappa shape index (κ3) is 4.16. The molecule has 2 rings (SSSR count). The third-order valence-corrected chi connectivity index (χ3v) is 3.81. The number of rotatable bonds is 4. The minimum absolute atomic E-state index is 0.0631. The number of carbonyl (C=O) groups excluding carboxylic acids is 2. The highest BCUT2D eigenvalue weighted by atomic mass is 16.5. The first-order chi connectivity index (χ1) is 9.70. The van der Waals surface area contributed by atoms with Crippen LogP contribution in [0.5, 0.6) is 0 Å². The van der Waals surface area contributed by atoms with Gasteiger partial charge in [-0.25, -0.2) is 0 Å². The van der Waals surface area contributed by atoms with Crippen LogP contribution in [-0.2, 0) is 14.3 Å². The Morgan fingerprint density at radius 1 is 1.25 bits per heavy atom. The molecule has 1 atom stereocenters. The quantitative estimate of drug-likeness (QED) is 0.606. The summed E-state index contributed by atoms with van der Waals surface area (Å²) in [7, 11) is 0. The van der Waals surface area contributed by atoms with Crippen molar-refractivity contribution in [2.45, 2.75) is 18.9 Å². The minimum Gasteiger partial charge on any atom is -0.376 e. The van der Waals surface area contributed by atoms with Crippen LogP contribution in [0, 0.1) is 0 Å². The molecule has 3 N–H and O–H groups in total. The molecule has 7 nitrogen and oxygen atoms in total. The predicted octanol–water partition coefficient (Wildman–Crippen LogP) is -1.62. The molecule has 2 heterocycles. The first-order valence-corrected chi connectivity index (χ1v) is 7.32. The van der Waals surface area contributed by atoms with E-state index in [9.17, 15) is 9.59 Å². The van der Waals surface area contributed by atoms with Crippen molar-refractivity contribution in [3.8, 4) is 0 Å². The second-order valence-electron chi connectivity index (χ2n) is 5.27. The summed E-state index contributed by atoms with van der Waals surface area (Å²) >= 11 is 0. The number of ether oxygens (including phenoxy) is 1. The van der Waals surface area contributed by atoms with Crippen molar-refractivity contribution in [3.63, 3.8) is 0 Å². The van der Waals surface area contributed by atoms with E-state index < -0.39 is 11.8 Å². The summed E-state index contributed by atoms with van der Waals surface area (Å²) in [5.41, 5.74) is 5.50. The summed E-state index contributed by atoms with van der Waals surface area (Å²) in [5, 5.41) is 2.67. The van der Waals surface area contributed by atoms with Crippen molar-refractivity contribution >= 4 is 11.8 Å². The fourth-order valence-corrected chi connectivity index (χ4v) is 2.59. The molecule has 2 fully saturated rings. The molecule has 7 heteroatoms. The van der Waals surface area contributed by atoms with Crippen molar-refractivity contribution in [3.05, 3.63) is 0 Å². The van der Waals surface area contributed by atoms with Gasteiger partial charge in [-0.1, -0.05) is 0 Å². The highest BCUT2D eigenvalue weighted by Gasteiger charge is 2.26. The standard InChI is InChI=1S/C13H24N4O3/c14-3-4-16-5-7-17(8-6-16)13(19)12(18)15-10-11-2-1-9-20-11/h11H,1-10,14H2,(H,15,18). The lowest BCUT2D eigenvalue weighted by molar-refractivity contribution is -0.147. The van der Waals surface area contributed by atoms with Crippen LogP contribution < -0.4 is 11.1 Å². The Labute approximate surface area is 119 Å². The van der Waals surface area contributed by atoms with Crippen molar-refractivity contribution in [2.24, 2.45) is 5.73 Å². The highest BCUT2D eigenvalue weighted by molar-refractivity contribution is 6.35. The third-order valence-electron chi connectivity index (χ3n) is 3.81. The van der Waals surface area contributed by atoms with Crippen LogP contribution in [0.3, 0.4) is 0 Å². The van der Waals surface area contributed by atoms with Crippen molar-refractivity contribution in [1.82, 2.24) is 15.1 Å². The Bertz CT molecular complexity index is 337. The molecule has 0 radical (unpaired) electrons. The number of hydrogen-bond donors (Lipinski definition) is 2. The average Bonchev–Trinajstić information content (AvgIpc) is 2.98. The van der Waals surface area contributed by atoms with E-state index in [2.05, 4.69) is 10.2 Å².